The molecule has 2 rings (SSSR count). The predicted octanol–water partition coefficient (Wildman–Crippen LogP) is 1.12. The van der Waals surface area contributed by atoms with Crippen LogP contribution in [-0.4, -0.2) is 59.7 Å². The highest BCUT2D eigenvalue weighted by Crippen LogP contribution is 2.19. The second-order valence-corrected chi connectivity index (χ2v) is 5.70. The quantitative estimate of drug-likeness (QED) is 0.848. The Balaban J connectivity index is 1.95. The molecule has 6 nitrogen and oxygen atoms in total. The third kappa shape index (κ3) is 4.28. The van der Waals surface area contributed by atoms with Crippen molar-refractivity contribution in [2.75, 3.05) is 37.6 Å². The Morgan fingerprint density at radius 3 is 2.52 bits per heavy atom. The summed E-state index contributed by atoms with van der Waals surface area (Å²) in [5.41, 5.74) is 5.83. The lowest BCUT2D eigenvalue weighted by Gasteiger charge is -2.39. The van der Waals surface area contributed by atoms with Gasteiger partial charge in [0.05, 0.1) is 6.10 Å². The molecule has 1 aromatic heterocycles. The smallest absolute Gasteiger partial charge is 0.218 e. The Bertz CT molecular complexity index is 428. The minimum atomic E-state index is 0.125. The van der Waals surface area contributed by atoms with E-state index < -0.39 is 0 Å². The maximum atomic E-state index is 5.83. The SMILES string of the molecule is CCC(CN)N1CCN(c2cc(OC(C)C)ncn2)CC1. The summed E-state index contributed by atoms with van der Waals surface area (Å²) < 4.78 is 5.64. The van der Waals surface area contributed by atoms with Gasteiger partial charge in [0.15, 0.2) is 0 Å². The molecule has 0 saturated carbocycles. The minimum Gasteiger partial charge on any atom is -0.475 e. The molecule has 21 heavy (non-hydrogen) atoms. The molecule has 0 aliphatic carbocycles. The molecule has 0 spiro atoms. The maximum absolute atomic E-state index is 5.83. The van der Waals surface area contributed by atoms with Crippen molar-refractivity contribution < 1.29 is 4.74 Å². The van der Waals surface area contributed by atoms with Crippen molar-refractivity contribution in [2.24, 2.45) is 5.73 Å². The molecule has 1 unspecified atom stereocenters. The van der Waals surface area contributed by atoms with Crippen LogP contribution in [0.15, 0.2) is 12.4 Å². The molecule has 1 fully saturated rings. The third-order valence-corrected chi connectivity index (χ3v) is 3.88. The Morgan fingerprint density at radius 1 is 1.24 bits per heavy atom. The van der Waals surface area contributed by atoms with E-state index in [4.69, 9.17) is 10.5 Å². The minimum absolute atomic E-state index is 0.125. The van der Waals surface area contributed by atoms with Gasteiger partial charge in [-0.15, -0.1) is 0 Å². The van der Waals surface area contributed by atoms with E-state index in [2.05, 4.69) is 26.7 Å². The van der Waals surface area contributed by atoms with Gasteiger partial charge < -0.3 is 15.4 Å². The van der Waals surface area contributed by atoms with Gasteiger partial charge in [-0.2, -0.15) is 0 Å². The summed E-state index contributed by atoms with van der Waals surface area (Å²) in [6.45, 7) is 10.9. The van der Waals surface area contributed by atoms with Crippen LogP contribution in [0.4, 0.5) is 5.82 Å². The molecule has 0 bridgehead atoms. The summed E-state index contributed by atoms with van der Waals surface area (Å²) in [5, 5.41) is 0. The van der Waals surface area contributed by atoms with Gasteiger partial charge in [-0.3, -0.25) is 4.90 Å². The number of nitrogens with two attached hydrogens (primary N) is 1. The van der Waals surface area contributed by atoms with Gasteiger partial charge >= 0.3 is 0 Å². The number of anilines is 1. The van der Waals surface area contributed by atoms with E-state index >= 15 is 0 Å². The summed E-state index contributed by atoms with van der Waals surface area (Å²) in [5.74, 6) is 1.59. The van der Waals surface area contributed by atoms with E-state index in [1.165, 1.54) is 0 Å². The second-order valence-electron chi connectivity index (χ2n) is 5.70. The summed E-state index contributed by atoms with van der Waals surface area (Å²) in [6.07, 6.45) is 2.81. The number of hydrogen-bond donors (Lipinski definition) is 1. The van der Waals surface area contributed by atoms with Gasteiger partial charge in [-0.25, -0.2) is 9.97 Å². The number of nitrogens with zero attached hydrogens (tertiary/aromatic N) is 4. The molecule has 1 atom stereocenters. The molecule has 1 aliphatic rings. The first-order valence-electron chi connectivity index (χ1n) is 7.81. The van der Waals surface area contributed by atoms with Crippen LogP contribution in [0.25, 0.3) is 0 Å². The molecule has 1 aromatic rings. The molecule has 0 radical (unpaired) electrons. The number of piperazine rings is 1. The summed E-state index contributed by atoms with van der Waals surface area (Å²) in [4.78, 5) is 13.3. The Hall–Kier alpha value is -1.40. The largest absolute Gasteiger partial charge is 0.475 e. The number of aromatic nitrogens is 2. The number of hydrogen-bond acceptors (Lipinski definition) is 6. The predicted molar refractivity (Wildman–Crippen MR) is 84.7 cm³/mol. The third-order valence-electron chi connectivity index (χ3n) is 3.88. The molecular weight excluding hydrogens is 266 g/mol. The van der Waals surface area contributed by atoms with Crippen molar-refractivity contribution in [1.82, 2.24) is 14.9 Å². The average molecular weight is 293 g/mol. The number of ether oxygens (including phenoxy) is 1. The molecular formula is C15H27N5O. The summed E-state index contributed by atoms with van der Waals surface area (Å²) in [6, 6.07) is 2.42. The normalized spacial score (nSPS) is 18.0. The monoisotopic (exact) mass is 293 g/mol. The molecule has 1 saturated heterocycles. The van der Waals surface area contributed by atoms with Gasteiger partial charge in [-0.1, -0.05) is 6.92 Å². The first-order chi connectivity index (χ1) is 10.1. The van der Waals surface area contributed by atoms with E-state index in [1.54, 1.807) is 6.33 Å². The van der Waals surface area contributed by atoms with Crippen molar-refractivity contribution in [3.63, 3.8) is 0 Å². The van der Waals surface area contributed by atoms with E-state index in [0.717, 1.165) is 45.0 Å². The first-order valence-corrected chi connectivity index (χ1v) is 7.81. The molecule has 0 aromatic carbocycles. The van der Waals surface area contributed by atoms with Crippen molar-refractivity contribution in [3.8, 4) is 5.88 Å². The van der Waals surface area contributed by atoms with Crippen molar-refractivity contribution in [3.05, 3.63) is 12.4 Å². The van der Waals surface area contributed by atoms with Gasteiger partial charge in [0.1, 0.15) is 12.1 Å². The van der Waals surface area contributed by atoms with E-state index in [1.807, 2.05) is 19.9 Å². The molecule has 118 valence electrons. The van der Waals surface area contributed by atoms with Crippen LogP contribution >= 0.6 is 0 Å². The fourth-order valence-corrected chi connectivity index (χ4v) is 2.70. The fraction of sp³-hybridized carbons (Fsp3) is 0.733. The lowest BCUT2D eigenvalue weighted by atomic mass is 10.1. The van der Waals surface area contributed by atoms with Crippen molar-refractivity contribution >= 4 is 5.82 Å². The number of rotatable bonds is 6. The molecule has 2 heterocycles. The lowest BCUT2D eigenvalue weighted by Crippen LogP contribution is -2.52. The highest BCUT2D eigenvalue weighted by molar-refractivity contribution is 5.41. The van der Waals surface area contributed by atoms with Crippen LogP contribution < -0.4 is 15.4 Å². The van der Waals surface area contributed by atoms with Gasteiger partial charge in [0, 0.05) is 44.8 Å². The molecule has 0 amide bonds. The van der Waals surface area contributed by atoms with Gasteiger partial charge in [0.25, 0.3) is 0 Å². The van der Waals surface area contributed by atoms with E-state index in [-0.39, 0.29) is 6.10 Å². The highest BCUT2D eigenvalue weighted by atomic mass is 16.5. The fourth-order valence-electron chi connectivity index (χ4n) is 2.70. The standard InChI is InChI=1S/C15H27N5O/c1-4-13(10-16)19-5-7-20(8-6-19)14-9-15(18-11-17-14)21-12(2)3/h9,11-13H,4-8,10,16H2,1-3H3. The maximum Gasteiger partial charge on any atom is 0.218 e. The van der Waals surface area contributed by atoms with Crippen LogP contribution in [0, 0.1) is 0 Å². The van der Waals surface area contributed by atoms with E-state index in [9.17, 15) is 0 Å². The zero-order valence-corrected chi connectivity index (χ0v) is 13.3. The Morgan fingerprint density at radius 2 is 1.95 bits per heavy atom. The molecule has 2 N–H and O–H groups in total. The first kappa shape index (κ1) is 16.0. The van der Waals surface area contributed by atoms with E-state index in [0.29, 0.717) is 11.9 Å². The van der Waals surface area contributed by atoms with Crippen LogP contribution in [-0.2, 0) is 0 Å². The van der Waals surface area contributed by atoms with Crippen LogP contribution in [0.2, 0.25) is 0 Å². The molecule has 6 heteroatoms. The average Bonchev–Trinajstić information content (AvgIpc) is 2.49. The summed E-state index contributed by atoms with van der Waals surface area (Å²) >= 11 is 0. The zero-order valence-electron chi connectivity index (χ0n) is 13.3. The van der Waals surface area contributed by atoms with Crippen LogP contribution in [0.5, 0.6) is 5.88 Å². The zero-order chi connectivity index (χ0) is 15.2. The highest BCUT2D eigenvalue weighted by Gasteiger charge is 2.22. The molecule has 1 aliphatic heterocycles. The Labute approximate surface area is 127 Å². The lowest BCUT2D eigenvalue weighted by molar-refractivity contribution is 0.184. The Kier molecular flexibility index (Phi) is 5.76. The summed E-state index contributed by atoms with van der Waals surface area (Å²) in [7, 11) is 0. The van der Waals surface area contributed by atoms with Gasteiger partial charge in [-0.05, 0) is 20.3 Å². The van der Waals surface area contributed by atoms with Crippen molar-refractivity contribution in [2.45, 2.75) is 39.3 Å². The van der Waals surface area contributed by atoms with Gasteiger partial charge in [0.2, 0.25) is 5.88 Å². The second kappa shape index (κ2) is 7.56. The van der Waals surface area contributed by atoms with Crippen LogP contribution in [0.1, 0.15) is 27.2 Å². The van der Waals surface area contributed by atoms with Crippen molar-refractivity contribution in [1.29, 1.82) is 0 Å². The topological polar surface area (TPSA) is 67.5 Å². The van der Waals surface area contributed by atoms with Crippen LogP contribution in [0.3, 0.4) is 0 Å².